The second-order valence-electron chi connectivity index (χ2n) is 8.84. The molecule has 0 amide bonds. The average Bonchev–Trinajstić information content (AvgIpc) is 3.52. The highest BCUT2D eigenvalue weighted by Crippen LogP contribution is 2.43. The first kappa shape index (κ1) is 23.6. The summed E-state index contributed by atoms with van der Waals surface area (Å²) in [5.74, 6) is -2.58. The monoisotopic (exact) mass is 489 g/mol. The van der Waals surface area contributed by atoms with E-state index < -0.39 is 30.0 Å². The Morgan fingerprint density at radius 3 is 2.86 bits per heavy atom. The van der Waals surface area contributed by atoms with Crippen molar-refractivity contribution in [3.05, 3.63) is 52.6 Å². The Labute approximate surface area is 200 Å². The number of hydrogen-bond acceptors (Lipinski definition) is 7. The molecule has 1 saturated heterocycles. The first-order chi connectivity index (χ1) is 16.8. The molecule has 1 aromatic heterocycles. The number of halogens is 3. The van der Waals surface area contributed by atoms with Gasteiger partial charge in [0.1, 0.15) is 41.4 Å². The molecular weight excluding hydrogens is 463 g/mol. The first-order valence-electron chi connectivity index (χ1n) is 11.5. The van der Waals surface area contributed by atoms with Crippen LogP contribution in [0.5, 0.6) is 11.5 Å². The third kappa shape index (κ3) is 4.36. The van der Waals surface area contributed by atoms with Gasteiger partial charge in [-0.15, -0.1) is 0 Å². The Kier molecular flexibility index (Phi) is 6.18. The van der Waals surface area contributed by atoms with Gasteiger partial charge in [-0.3, -0.25) is 0 Å². The van der Waals surface area contributed by atoms with E-state index in [0.717, 1.165) is 18.1 Å². The topological polar surface area (TPSA) is 85.7 Å². The fourth-order valence-electron chi connectivity index (χ4n) is 4.55. The maximum atomic E-state index is 15.1. The number of nitrogens with one attached hydrogen (secondary N) is 1. The number of alkyl halides is 2. The Morgan fingerprint density at radius 2 is 2.11 bits per heavy atom. The van der Waals surface area contributed by atoms with Crippen molar-refractivity contribution < 1.29 is 32.5 Å². The molecule has 2 aromatic carbocycles. The van der Waals surface area contributed by atoms with Crippen molar-refractivity contribution in [2.45, 2.75) is 44.8 Å². The molecule has 2 atom stereocenters. The van der Waals surface area contributed by atoms with Crippen LogP contribution in [0, 0.1) is 12.7 Å². The van der Waals surface area contributed by atoms with Gasteiger partial charge < -0.3 is 24.6 Å². The van der Waals surface area contributed by atoms with E-state index in [1.807, 2.05) is 6.07 Å². The molecule has 0 saturated carbocycles. The molecule has 2 aliphatic heterocycles. The van der Waals surface area contributed by atoms with E-state index in [9.17, 15) is 8.78 Å². The van der Waals surface area contributed by atoms with Gasteiger partial charge in [0.25, 0.3) is 5.92 Å². The van der Waals surface area contributed by atoms with Gasteiger partial charge in [0.05, 0.1) is 36.8 Å². The number of fused-ring (bicyclic) bond motifs is 3. The summed E-state index contributed by atoms with van der Waals surface area (Å²) in [5.41, 5.74) is 0.717. The van der Waals surface area contributed by atoms with Crippen molar-refractivity contribution in [2.24, 2.45) is 0 Å². The zero-order chi connectivity index (χ0) is 24.7. The lowest BCUT2D eigenvalue weighted by molar-refractivity contribution is -0.0583. The largest absolute Gasteiger partial charge is 0.491 e. The van der Waals surface area contributed by atoms with Crippen LogP contribution in [-0.2, 0) is 17.1 Å². The summed E-state index contributed by atoms with van der Waals surface area (Å²) < 4.78 is 60.7. The lowest BCUT2D eigenvalue weighted by Crippen LogP contribution is -2.22. The van der Waals surface area contributed by atoms with Crippen molar-refractivity contribution in [1.29, 1.82) is 0 Å². The third-order valence-corrected chi connectivity index (χ3v) is 6.34. The second-order valence-corrected chi connectivity index (χ2v) is 8.84. The molecule has 0 aliphatic carbocycles. The van der Waals surface area contributed by atoms with E-state index in [2.05, 4.69) is 15.3 Å². The minimum Gasteiger partial charge on any atom is -0.491 e. The number of aliphatic hydroxyl groups is 1. The van der Waals surface area contributed by atoms with Crippen molar-refractivity contribution in [3.8, 4) is 11.5 Å². The molecule has 2 aliphatic rings. The number of aliphatic hydroxyl groups excluding tert-OH is 1. The highest BCUT2D eigenvalue weighted by atomic mass is 19.3. The molecule has 186 valence electrons. The lowest BCUT2D eigenvalue weighted by atomic mass is 10.00. The average molecular weight is 489 g/mol. The maximum absolute atomic E-state index is 15.1. The lowest BCUT2D eigenvalue weighted by Gasteiger charge is -2.22. The summed E-state index contributed by atoms with van der Waals surface area (Å²) in [7, 11) is 0. The van der Waals surface area contributed by atoms with Gasteiger partial charge in [-0.05, 0) is 26.0 Å². The Hall–Kier alpha value is -3.11. The summed E-state index contributed by atoms with van der Waals surface area (Å²) in [6.45, 7) is 3.56. The van der Waals surface area contributed by atoms with E-state index in [0.29, 0.717) is 60.3 Å². The molecule has 35 heavy (non-hydrogen) atoms. The highest BCUT2D eigenvalue weighted by molar-refractivity contribution is 5.96. The Bertz CT molecular complexity index is 1260. The van der Waals surface area contributed by atoms with E-state index in [1.54, 1.807) is 13.8 Å². The van der Waals surface area contributed by atoms with Gasteiger partial charge in [0.2, 0.25) is 0 Å². The molecule has 0 unspecified atom stereocenters. The van der Waals surface area contributed by atoms with E-state index >= 15 is 4.39 Å². The standard InChI is InChI=1S/C25H26F3N3O4/c1-13(16-4-3-5-19(21(16)26)25(27,28)12-32)29-24-18-10-20(35-15-6-8-33-11-15)17-7-9-34-23(17)22(18)30-14(2)31-24/h3-5,10,13,15,32H,6-9,11-12H2,1-2H3,(H,29,30,31)/t13-,15+/m1/s1. The van der Waals surface area contributed by atoms with Gasteiger partial charge in [-0.2, -0.15) is 8.78 Å². The minimum absolute atomic E-state index is 0.0250. The van der Waals surface area contributed by atoms with Gasteiger partial charge in [0, 0.05) is 24.0 Å². The Morgan fingerprint density at radius 1 is 1.29 bits per heavy atom. The zero-order valence-corrected chi connectivity index (χ0v) is 19.4. The number of aryl methyl sites for hydroxylation is 1. The minimum atomic E-state index is -3.69. The van der Waals surface area contributed by atoms with Gasteiger partial charge in [-0.25, -0.2) is 14.4 Å². The Balaban J connectivity index is 1.55. The summed E-state index contributed by atoms with van der Waals surface area (Å²) in [5, 5.41) is 12.8. The normalized spacial score (nSPS) is 18.4. The maximum Gasteiger partial charge on any atom is 0.298 e. The number of anilines is 1. The van der Waals surface area contributed by atoms with Gasteiger partial charge in [0.15, 0.2) is 5.75 Å². The zero-order valence-electron chi connectivity index (χ0n) is 19.4. The molecule has 1 fully saturated rings. The second kappa shape index (κ2) is 9.16. The van der Waals surface area contributed by atoms with Crippen LogP contribution in [0.1, 0.15) is 41.9 Å². The van der Waals surface area contributed by atoms with Crippen LogP contribution < -0.4 is 14.8 Å². The van der Waals surface area contributed by atoms with E-state index in [1.165, 1.54) is 12.1 Å². The number of hydrogen-bond donors (Lipinski definition) is 2. The summed E-state index contributed by atoms with van der Waals surface area (Å²) >= 11 is 0. The smallest absolute Gasteiger partial charge is 0.298 e. The summed E-state index contributed by atoms with van der Waals surface area (Å²) in [6, 6.07) is 4.87. The van der Waals surface area contributed by atoms with Crippen molar-refractivity contribution in [3.63, 3.8) is 0 Å². The number of aromatic nitrogens is 2. The quantitative estimate of drug-likeness (QED) is 0.508. The van der Waals surface area contributed by atoms with E-state index in [4.69, 9.17) is 19.3 Å². The predicted molar refractivity (Wildman–Crippen MR) is 123 cm³/mol. The predicted octanol–water partition coefficient (Wildman–Crippen LogP) is 4.44. The molecule has 10 heteroatoms. The molecule has 0 radical (unpaired) electrons. The van der Waals surface area contributed by atoms with Crippen LogP contribution in [0.2, 0.25) is 0 Å². The van der Waals surface area contributed by atoms with Gasteiger partial charge in [-0.1, -0.05) is 12.1 Å². The molecule has 0 spiro atoms. The number of benzene rings is 2. The van der Waals surface area contributed by atoms with Gasteiger partial charge >= 0.3 is 0 Å². The first-order valence-corrected chi connectivity index (χ1v) is 11.5. The van der Waals surface area contributed by atoms with E-state index in [-0.39, 0.29) is 11.7 Å². The number of rotatable bonds is 7. The van der Waals surface area contributed by atoms with Crippen LogP contribution in [-0.4, -0.2) is 47.6 Å². The van der Waals surface area contributed by atoms with Crippen molar-refractivity contribution >= 4 is 16.7 Å². The molecular formula is C25H26F3N3O4. The molecule has 0 bridgehead atoms. The molecule has 3 aromatic rings. The third-order valence-electron chi connectivity index (χ3n) is 6.34. The summed E-state index contributed by atoms with van der Waals surface area (Å²) in [4.78, 5) is 9.09. The molecule has 2 N–H and O–H groups in total. The highest BCUT2D eigenvalue weighted by Gasteiger charge is 2.35. The summed E-state index contributed by atoms with van der Waals surface area (Å²) in [6.07, 6.45) is 1.41. The molecule has 5 rings (SSSR count). The molecule has 3 heterocycles. The number of nitrogens with zero attached hydrogens (tertiary/aromatic N) is 2. The van der Waals surface area contributed by atoms with Crippen molar-refractivity contribution in [1.82, 2.24) is 9.97 Å². The van der Waals surface area contributed by atoms with Crippen LogP contribution >= 0.6 is 0 Å². The van der Waals surface area contributed by atoms with Crippen LogP contribution in [0.4, 0.5) is 19.0 Å². The van der Waals surface area contributed by atoms with Crippen LogP contribution in [0.3, 0.4) is 0 Å². The van der Waals surface area contributed by atoms with Crippen molar-refractivity contribution in [2.75, 3.05) is 31.7 Å². The van der Waals surface area contributed by atoms with Crippen LogP contribution in [0.25, 0.3) is 10.9 Å². The molecule has 7 nitrogen and oxygen atoms in total. The van der Waals surface area contributed by atoms with Crippen LogP contribution in [0.15, 0.2) is 24.3 Å². The number of ether oxygens (including phenoxy) is 3. The fraction of sp³-hybridized carbons (Fsp3) is 0.440. The SMILES string of the molecule is Cc1nc(N[C@H](C)c2cccc(C(F)(F)CO)c2F)c2cc(O[C@H]3CCOC3)c3c(c2n1)OCC3. The fourth-order valence-corrected chi connectivity index (χ4v) is 4.55.